The minimum Gasteiger partial charge on any atom is -0.339 e. The zero-order valence-corrected chi connectivity index (χ0v) is 10.3. The van der Waals surface area contributed by atoms with Crippen molar-refractivity contribution in [3.05, 3.63) is 23.8 Å². The fourth-order valence-corrected chi connectivity index (χ4v) is 1.63. The van der Waals surface area contributed by atoms with Gasteiger partial charge in [0, 0.05) is 31.4 Å². The Labute approximate surface area is 105 Å². The Bertz CT molecular complexity index is 518. The maximum Gasteiger partial charge on any atom is 0.240 e. The summed E-state index contributed by atoms with van der Waals surface area (Å²) in [5, 5.41) is 7.29. The van der Waals surface area contributed by atoms with E-state index in [1.165, 1.54) is 12.8 Å². The molecule has 2 heterocycles. The van der Waals surface area contributed by atoms with Crippen LogP contribution in [0, 0.1) is 6.92 Å². The number of hydrogen-bond donors (Lipinski definition) is 1. The first-order valence-electron chi connectivity index (χ1n) is 6.16. The van der Waals surface area contributed by atoms with E-state index >= 15 is 0 Å². The summed E-state index contributed by atoms with van der Waals surface area (Å²) in [4.78, 5) is 12.6. The molecule has 94 valence electrons. The predicted octanol–water partition coefficient (Wildman–Crippen LogP) is 1.13. The van der Waals surface area contributed by atoms with Gasteiger partial charge in [0.1, 0.15) is 0 Å². The molecule has 0 unspecified atom stereocenters. The third-order valence-corrected chi connectivity index (χ3v) is 2.80. The van der Waals surface area contributed by atoms with Gasteiger partial charge in [-0.1, -0.05) is 5.16 Å². The average Bonchev–Trinajstić information content (AvgIpc) is 3.08. The molecule has 1 N–H and O–H groups in total. The molecule has 0 atom stereocenters. The van der Waals surface area contributed by atoms with Crippen LogP contribution in [0.5, 0.6) is 0 Å². The number of hydrogen-bond acceptors (Lipinski definition) is 6. The summed E-state index contributed by atoms with van der Waals surface area (Å²) in [7, 11) is 0. The molecular weight excluding hydrogens is 230 g/mol. The summed E-state index contributed by atoms with van der Waals surface area (Å²) in [6.45, 7) is 2.82. The van der Waals surface area contributed by atoms with Crippen LogP contribution in [0.2, 0.25) is 0 Å². The van der Waals surface area contributed by atoms with Gasteiger partial charge < -0.3 is 9.84 Å². The molecule has 1 saturated carbocycles. The van der Waals surface area contributed by atoms with E-state index in [1.54, 1.807) is 12.4 Å². The van der Waals surface area contributed by atoms with Gasteiger partial charge in [-0.3, -0.25) is 0 Å². The topological polar surface area (TPSA) is 76.7 Å². The number of nitrogens with one attached hydrogen (secondary N) is 1. The third-order valence-electron chi connectivity index (χ3n) is 2.80. The van der Waals surface area contributed by atoms with Crippen molar-refractivity contribution in [2.45, 2.75) is 32.2 Å². The highest BCUT2D eigenvalue weighted by atomic mass is 16.5. The van der Waals surface area contributed by atoms with Crippen molar-refractivity contribution in [3.8, 4) is 11.6 Å². The van der Waals surface area contributed by atoms with E-state index < -0.39 is 0 Å². The Balaban J connectivity index is 1.62. The minimum absolute atomic E-state index is 0.455. The third kappa shape index (κ3) is 2.70. The molecule has 0 saturated heterocycles. The molecule has 18 heavy (non-hydrogen) atoms. The van der Waals surface area contributed by atoms with Gasteiger partial charge >= 0.3 is 0 Å². The summed E-state index contributed by atoms with van der Waals surface area (Å²) in [6.07, 6.45) is 6.80. The summed E-state index contributed by atoms with van der Waals surface area (Å²) in [5.41, 5.74) is 1.01. The van der Waals surface area contributed by atoms with Gasteiger partial charge in [-0.2, -0.15) is 4.98 Å². The SMILES string of the molecule is Cc1cnc(-c2noc(CCNC3CC3)n2)nc1. The fourth-order valence-electron chi connectivity index (χ4n) is 1.63. The molecule has 1 aliphatic rings. The first-order chi connectivity index (χ1) is 8.81. The van der Waals surface area contributed by atoms with Gasteiger partial charge in [0.05, 0.1) is 0 Å². The lowest BCUT2D eigenvalue weighted by Crippen LogP contribution is -2.19. The van der Waals surface area contributed by atoms with Gasteiger partial charge in [0.25, 0.3) is 0 Å². The Morgan fingerprint density at radius 2 is 2.06 bits per heavy atom. The Morgan fingerprint density at radius 3 is 2.78 bits per heavy atom. The molecule has 1 fully saturated rings. The quantitative estimate of drug-likeness (QED) is 0.851. The van der Waals surface area contributed by atoms with Crippen LogP contribution in [0.3, 0.4) is 0 Å². The van der Waals surface area contributed by atoms with E-state index in [0.29, 0.717) is 23.6 Å². The number of nitrogens with zero attached hydrogens (tertiary/aromatic N) is 4. The van der Waals surface area contributed by atoms with E-state index in [0.717, 1.165) is 18.5 Å². The van der Waals surface area contributed by atoms with Crippen molar-refractivity contribution in [2.75, 3.05) is 6.54 Å². The highest BCUT2D eigenvalue weighted by molar-refractivity contribution is 5.40. The maximum atomic E-state index is 5.17. The summed E-state index contributed by atoms with van der Waals surface area (Å²) in [6, 6.07) is 0.702. The largest absolute Gasteiger partial charge is 0.339 e. The minimum atomic E-state index is 0.455. The highest BCUT2D eigenvalue weighted by Crippen LogP contribution is 2.18. The van der Waals surface area contributed by atoms with Crippen molar-refractivity contribution in [2.24, 2.45) is 0 Å². The molecule has 2 aromatic heterocycles. The van der Waals surface area contributed by atoms with E-state index in [-0.39, 0.29) is 0 Å². The molecule has 0 bridgehead atoms. The molecular formula is C12H15N5O. The standard InChI is InChI=1S/C12H15N5O/c1-8-6-14-11(15-7-8)12-16-10(18-17-12)4-5-13-9-2-3-9/h6-7,9,13H,2-5H2,1H3. The smallest absolute Gasteiger partial charge is 0.240 e. The maximum absolute atomic E-state index is 5.17. The zero-order chi connectivity index (χ0) is 12.4. The monoisotopic (exact) mass is 245 g/mol. The van der Waals surface area contributed by atoms with Gasteiger partial charge in [-0.05, 0) is 25.3 Å². The molecule has 1 aliphatic carbocycles. The van der Waals surface area contributed by atoms with Crippen molar-refractivity contribution < 1.29 is 4.52 Å². The van der Waals surface area contributed by atoms with Crippen LogP contribution < -0.4 is 5.32 Å². The lowest BCUT2D eigenvalue weighted by molar-refractivity contribution is 0.376. The van der Waals surface area contributed by atoms with Crippen LogP contribution in [0.25, 0.3) is 11.6 Å². The summed E-state index contributed by atoms with van der Waals surface area (Å²) >= 11 is 0. The van der Waals surface area contributed by atoms with Crippen molar-refractivity contribution in [1.29, 1.82) is 0 Å². The molecule has 0 aromatic carbocycles. The average molecular weight is 245 g/mol. The van der Waals surface area contributed by atoms with E-state index in [1.807, 2.05) is 6.92 Å². The lowest BCUT2D eigenvalue weighted by atomic mass is 10.4. The summed E-state index contributed by atoms with van der Waals surface area (Å²) in [5.74, 6) is 1.59. The zero-order valence-electron chi connectivity index (χ0n) is 10.3. The first-order valence-corrected chi connectivity index (χ1v) is 6.16. The van der Waals surface area contributed by atoms with Crippen LogP contribution in [-0.2, 0) is 6.42 Å². The van der Waals surface area contributed by atoms with Crippen molar-refractivity contribution in [1.82, 2.24) is 25.4 Å². The van der Waals surface area contributed by atoms with Gasteiger partial charge in [-0.25, -0.2) is 9.97 Å². The molecule has 0 radical (unpaired) electrons. The van der Waals surface area contributed by atoms with Gasteiger partial charge in [0.2, 0.25) is 17.5 Å². The van der Waals surface area contributed by atoms with Crippen molar-refractivity contribution in [3.63, 3.8) is 0 Å². The van der Waals surface area contributed by atoms with E-state index in [9.17, 15) is 0 Å². The normalized spacial score (nSPS) is 14.9. The van der Waals surface area contributed by atoms with Crippen LogP contribution >= 0.6 is 0 Å². The van der Waals surface area contributed by atoms with Crippen LogP contribution in [0.15, 0.2) is 16.9 Å². The van der Waals surface area contributed by atoms with E-state index in [2.05, 4.69) is 25.4 Å². The molecule has 2 aromatic rings. The second kappa shape index (κ2) is 4.81. The molecule has 6 heteroatoms. The molecule has 0 amide bonds. The second-order valence-corrected chi connectivity index (χ2v) is 4.57. The Hall–Kier alpha value is -1.82. The molecule has 0 spiro atoms. The lowest BCUT2D eigenvalue weighted by Gasteiger charge is -1.97. The Kier molecular flexibility index (Phi) is 3.02. The van der Waals surface area contributed by atoms with Gasteiger partial charge in [0.15, 0.2) is 0 Å². The molecule has 3 rings (SSSR count). The number of aryl methyl sites for hydroxylation is 1. The van der Waals surface area contributed by atoms with Crippen LogP contribution in [0.4, 0.5) is 0 Å². The van der Waals surface area contributed by atoms with Gasteiger partial charge in [-0.15, -0.1) is 0 Å². The second-order valence-electron chi connectivity index (χ2n) is 4.57. The fraction of sp³-hybridized carbons (Fsp3) is 0.500. The predicted molar refractivity (Wildman–Crippen MR) is 64.8 cm³/mol. The number of rotatable bonds is 5. The highest BCUT2D eigenvalue weighted by Gasteiger charge is 2.20. The first kappa shape index (κ1) is 11.3. The van der Waals surface area contributed by atoms with E-state index in [4.69, 9.17) is 4.52 Å². The van der Waals surface area contributed by atoms with Crippen molar-refractivity contribution >= 4 is 0 Å². The Morgan fingerprint density at radius 1 is 1.28 bits per heavy atom. The number of aromatic nitrogens is 4. The summed E-state index contributed by atoms with van der Waals surface area (Å²) < 4.78 is 5.17. The molecule has 0 aliphatic heterocycles. The molecule has 6 nitrogen and oxygen atoms in total. The van der Waals surface area contributed by atoms with Crippen LogP contribution in [-0.4, -0.2) is 32.7 Å². The van der Waals surface area contributed by atoms with Crippen LogP contribution in [0.1, 0.15) is 24.3 Å².